The molecule has 0 heterocycles. The van der Waals surface area contributed by atoms with Crippen LogP contribution in [0.5, 0.6) is 0 Å². The van der Waals surface area contributed by atoms with Gasteiger partial charge in [0.05, 0.1) is 0 Å². The molecule has 0 bridgehead atoms. The second-order valence-corrected chi connectivity index (χ2v) is 6.33. The number of amides is 3. The average molecular weight is 388 g/mol. The van der Waals surface area contributed by atoms with Crippen LogP contribution in [0.4, 0.5) is 5.69 Å². The summed E-state index contributed by atoms with van der Waals surface area (Å²) in [6.45, 7) is 2.52. The van der Waals surface area contributed by atoms with E-state index in [1.54, 1.807) is 48.5 Å². The zero-order chi connectivity index (χ0) is 19.6. The van der Waals surface area contributed by atoms with Gasteiger partial charge in [0.1, 0.15) is 0 Å². The fourth-order valence-corrected chi connectivity index (χ4v) is 2.53. The summed E-state index contributed by atoms with van der Waals surface area (Å²) in [4.78, 5) is 35.6. The molecule has 7 heteroatoms. The summed E-state index contributed by atoms with van der Waals surface area (Å²) in [6.07, 6.45) is 1.24. The van der Waals surface area contributed by atoms with Gasteiger partial charge in [0, 0.05) is 41.3 Å². The molecule has 0 aliphatic carbocycles. The highest BCUT2D eigenvalue weighted by Gasteiger charge is 2.08. The molecule has 142 valence electrons. The van der Waals surface area contributed by atoms with Gasteiger partial charge in [0.2, 0.25) is 5.91 Å². The molecule has 0 aromatic heterocycles. The first kappa shape index (κ1) is 20.5. The summed E-state index contributed by atoms with van der Waals surface area (Å²) in [5.41, 5.74) is 1.60. The van der Waals surface area contributed by atoms with Gasteiger partial charge < -0.3 is 16.0 Å². The van der Waals surface area contributed by atoms with Crippen molar-refractivity contribution in [2.45, 2.75) is 19.8 Å². The van der Waals surface area contributed by atoms with Crippen molar-refractivity contribution in [3.05, 3.63) is 64.7 Å². The van der Waals surface area contributed by atoms with Gasteiger partial charge >= 0.3 is 0 Å². The standard InChI is InChI=1S/C20H22ClN3O3/c1-2-4-18(25)24-17-9-7-14(8-10-17)19(26)22-11-12-23-20(27)15-5-3-6-16(21)13-15/h3,5-10,13H,2,4,11-12H2,1H3,(H,22,26)(H,23,27)(H,24,25). The lowest BCUT2D eigenvalue weighted by Crippen LogP contribution is -2.34. The Morgan fingerprint density at radius 2 is 1.52 bits per heavy atom. The molecule has 0 saturated heterocycles. The molecule has 2 aromatic carbocycles. The number of anilines is 1. The van der Waals surface area contributed by atoms with E-state index in [1.807, 2.05) is 6.92 Å². The molecule has 0 fully saturated rings. The topological polar surface area (TPSA) is 87.3 Å². The van der Waals surface area contributed by atoms with Crippen molar-refractivity contribution in [3.8, 4) is 0 Å². The summed E-state index contributed by atoms with van der Waals surface area (Å²) in [5, 5.41) is 8.70. The molecule has 0 unspecified atom stereocenters. The van der Waals surface area contributed by atoms with Crippen molar-refractivity contribution in [2.75, 3.05) is 18.4 Å². The van der Waals surface area contributed by atoms with Gasteiger partial charge in [-0.15, -0.1) is 0 Å². The summed E-state index contributed by atoms with van der Waals surface area (Å²) in [5.74, 6) is -0.553. The third-order valence-corrected chi connectivity index (χ3v) is 3.93. The van der Waals surface area contributed by atoms with E-state index >= 15 is 0 Å². The van der Waals surface area contributed by atoms with E-state index in [-0.39, 0.29) is 17.7 Å². The second kappa shape index (κ2) is 10.3. The molecule has 0 radical (unpaired) electrons. The Hall–Kier alpha value is -2.86. The maximum Gasteiger partial charge on any atom is 0.251 e. The van der Waals surface area contributed by atoms with Crippen LogP contribution in [0.25, 0.3) is 0 Å². The Morgan fingerprint density at radius 1 is 0.889 bits per heavy atom. The van der Waals surface area contributed by atoms with Crippen LogP contribution in [-0.2, 0) is 4.79 Å². The monoisotopic (exact) mass is 387 g/mol. The molecule has 0 aliphatic rings. The predicted molar refractivity (Wildman–Crippen MR) is 106 cm³/mol. The predicted octanol–water partition coefficient (Wildman–Crippen LogP) is 3.24. The van der Waals surface area contributed by atoms with Gasteiger partial charge in [-0.1, -0.05) is 24.6 Å². The number of nitrogens with one attached hydrogen (secondary N) is 3. The molecule has 2 rings (SSSR count). The number of halogens is 1. The number of hydrogen-bond donors (Lipinski definition) is 3. The number of hydrogen-bond acceptors (Lipinski definition) is 3. The zero-order valence-electron chi connectivity index (χ0n) is 15.0. The highest BCUT2D eigenvalue weighted by atomic mass is 35.5. The van der Waals surface area contributed by atoms with Gasteiger partial charge in [-0.25, -0.2) is 0 Å². The number of carbonyl (C=O) groups excluding carboxylic acids is 3. The molecule has 0 spiro atoms. The Balaban J connectivity index is 1.75. The summed E-state index contributed by atoms with van der Waals surface area (Å²) < 4.78 is 0. The van der Waals surface area contributed by atoms with Crippen LogP contribution < -0.4 is 16.0 Å². The molecular formula is C20H22ClN3O3. The van der Waals surface area contributed by atoms with Crippen LogP contribution in [0, 0.1) is 0 Å². The molecular weight excluding hydrogens is 366 g/mol. The van der Waals surface area contributed by atoms with E-state index < -0.39 is 0 Å². The molecule has 0 saturated carbocycles. The Kier molecular flexibility index (Phi) is 7.82. The van der Waals surface area contributed by atoms with Crippen molar-refractivity contribution in [2.24, 2.45) is 0 Å². The molecule has 3 amide bonds. The lowest BCUT2D eigenvalue weighted by Gasteiger charge is -2.08. The van der Waals surface area contributed by atoms with Crippen molar-refractivity contribution in [1.29, 1.82) is 0 Å². The SMILES string of the molecule is CCCC(=O)Nc1ccc(C(=O)NCCNC(=O)c2cccc(Cl)c2)cc1. The first-order chi connectivity index (χ1) is 13.0. The van der Waals surface area contributed by atoms with E-state index in [1.165, 1.54) is 0 Å². The minimum absolute atomic E-state index is 0.0508. The summed E-state index contributed by atoms with van der Waals surface area (Å²) >= 11 is 5.85. The van der Waals surface area contributed by atoms with Gasteiger partial charge in [0.15, 0.2) is 0 Å². The average Bonchev–Trinajstić information content (AvgIpc) is 2.65. The molecule has 6 nitrogen and oxygen atoms in total. The van der Waals surface area contributed by atoms with Gasteiger partial charge in [-0.05, 0) is 48.9 Å². The third kappa shape index (κ3) is 6.75. The van der Waals surface area contributed by atoms with E-state index in [9.17, 15) is 14.4 Å². The summed E-state index contributed by atoms with van der Waals surface area (Å²) in [7, 11) is 0. The van der Waals surface area contributed by atoms with Gasteiger partial charge in [0.25, 0.3) is 11.8 Å². The van der Waals surface area contributed by atoms with E-state index in [0.717, 1.165) is 6.42 Å². The maximum absolute atomic E-state index is 12.1. The van der Waals surface area contributed by atoms with Gasteiger partial charge in [-0.2, -0.15) is 0 Å². The third-order valence-electron chi connectivity index (χ3n) is 3.69. The molecule has 3 N–H and O–H groups in total. The smallest absolute Gasteiger partial charge is 0.251 e. The number of benzene rings is 2. The zero-order valence-corrected chi connectivity index (χ0v) is 15.8. The maximum atomic E-state index is 12.1. The first-order valence-electron chi connectivity index (χ1n) is 8.71. The van der Waals surface area contributed by atoms with E-state index in [4.69, 9.17) is 11.6 Å². The Morgan fingerprint density at radius 3 is 2.11 bits per heavy atom. The van der Waals surface area contributed by atoms with Crippen molar-refractivity contribution >= 4 is 35.0 Å². The van der Waals surface area contributed by atoms with Crippen molar-refractivity contribution in [1.82, 2.24) is 10.6 Å². The lowest BCUT2D eigenvalue weighted by molar-refractivity contribution is -0.116. The van der Waals surface area contributed by atoms with Crippen LogP contribution >= 0.6 is 11.6 Å². The number of carbonyl (C=O) groups is 3. The normalized spacial score (nSPS) is 10.1. The van der Waals surface area contributed by atoms with E-state index in [2.05, 4.69) is 16.0 Å². The van der Waals surface area contributed by atoms with Crippen LogP contribution in [0.1, 0.15) is 40.5 Å². The van der Waals surface area contributed by atoms with Crippen LogP contribution in [0.2, 0.25) is 5.02 Å². The fraction of sp³-hybridized carbons (Fsp3) is 0.250. The van der Waals surface area contributed by atoms with E-state index in [0.29, 0.717) is 41.3 Å². The lowest BCUT2D eigenvalue weighted by atomic mass is 10.2. The Labute approximate surface area is 163 Å². The van der Waals surface area contributed by atoms with Crippen LogP contribution in [-0.4, -0.2) is 30.8 Å². The fourth-order valence-electron chi connectivity index (χ4n) is 2.34. The molecule has 27 heavy (non-hydrogen) atoms. The minimum atomic E-state index is -0.251. The largest absolute Gasteiger partial charge is 0.350 e. The Bertz CT molecular complexity index is 806. The molecule has 2 aromatic rings. The quantitative estimate of drug-likeness (QED) is 0.607. The highest BCUT2D eigenvalue weighted by Crippen LogP contribution is 2.11. The van der Waals surface area contributed by atoms with Crippen LogP contribution in [0.15, 0.2) is 48.5 Å². The van der Waals surface area contributed by atoms with Gasteiger partial charge in [-0.3, -0.25) is 14.4 Å². The number of rotatable bonds is 8. The second-order valence-electron chi connectivity index (χ2n) is 5.90. The van der Waals surface area contributed by atoms with Crippen molar-refractivity contribution < 1.29 is 14.4 Å². The van der Waals surface area contributed by atoms with Crippen molar-refractivity contribution in [3.63, 3.8) is 0 Å². The molecule has 0 aliphatic heterocycles. The minimum Gasteiger partial charge on any atom is -0.350 e. The van der Waals surface area contributed by atoms with Crippen LogP contribution in [0.3, 0.4) is 0 Å². The first-order valence-corrected chi connectivity index (χ1v) is 9.09. The summed E-state index contributed by atoms with van der Waals surface area (Å²) in [6, 6.07) is 13.3. The highest BCUT2D eigenvalue weighted by molar-refractivity contribution is 6.30. The molecule has 0 atom stereocenters.